The number of aromatic nitrogens is 1. The molecule has 1 aliphatic rings. The summed E-state index contributed by atoms with van der Waals surface area (Å²) in [5.41, 5.74) is 4.40. The number of nitrogens with zero attached hydrogens (tertiary/aromatic N) is 4. The Balaban J connectivity index is 1.63. The second-order valence-electron chi connectivity index (χ2n) is 7.71. The van der Waals surface area contributed by atoms with E-state index >= 15 is 0 Å². The third-order valence-electron chi connectivity index (χ3n) is 5.36. The number of benzene rings is 1. The normalized spacial score (nSPS) is 13.9. The maximum Gasteiger partial charge on any atom is 0.301 e. The highest BCUT2D eigenvalue weighted by Gasteiger charge is 2.28. The number of fused-ring (bicyclic) bond motifs is 1. The van der Waals surface area contributed by atoms with Crippen molar-refractivity contribution in [1.82, 2.24) is 4.98 Å². The highest BCUT2D eigenvalue weighted by molar-refractivity contribution is 6.09. The Morgan fingerprint density at radius 2 is 1.91 bits per heavy atom. The van der Waals surface area contributed by atoms with Gasteiger partial charge in [-0.25, -0.2) is 4.98 Å². The number of rotatable bonds is 6. The van der Waals surface area contributed by atoms with Crippen molar-refractivity contribution in [1.29, 1.82) is 0 Å². The van der Waals surface area contributed by atoms with Gasteiger partial charge in [0.25, 0.3) is 11.6 Å². The van der Waals surface area contributed by atoms with E-state index in [1.54, 1.807) is 19.1 Å². The zero-order valence-electron chi connectivity index (χ0n) is 18.3. The summed E-state index contributed by atoms with van der Waals surface area (Å²) in [4.78, 5) is 38.0. The number of nitro benzene ring substituents is 2. The number of hydrazone groups is 1. The molecule has 2 heterocycles. The smallest absolute Gasteiger partial charge is 0.301 e. The molecule has 1 amide bonds. The number of aryl methyl sites for hydroxylation is 2. The lowest BCUT2D eigenvalue weighted by molar-refractivity contribution is -0.393. The fourth-order valence-electron chi connectivity index (χ4n) is 3.79. The number of nitrogens with one attached hydrogen (secondary N) is 2. The van der Waals surface area contributed by atoms with Gasteiger partial charge >= 0.3 is 5.69 Å². The molecule has 1 aliphatic carbocycles. The molecule has 0 fully saturated rings. The topological polar surface area (TPSA) is 166 Å². The molecule has 2 N–H and O–H groups in total. The molecule has 0 atom stereocenters. The molecular formula is C22H20N6O6. The SMILES string of the molecule is Cc1cccc(NC(=O)c2oc3c(c2C)/C(=N/Nc2ccc([N+](=O)[O-])cc2[N+](=O)[O-])CCC3)n1. The van der Waals surface area contributed by atoms with Crippen LogP contribution in [0, 0.1) is 34.1 Å². The van der Waals surface area contributed by atoms with Crippen molar-refractivity contribution in [3.63, 3.8) is 0 Å². The van der Waals surface area contributed by atoms with Crippen LogP contribution in [0.4, 0.5) is 22.9 Å². The maximum absolute atomic E-state index is 12.8. The van der Waals surface area contributed by atoms with Crippen molar-refractivity contribution in [2.75, 3.05) is 10.7 Å². The van der Waals surface area contributed by atoms with E-state index in [0.717, 1.165) is 17.8 Å². The Hall–Kier alpha value is -4.61. The first-order valence-corrected chi connectivity index (χ1v) is 10.4. The first-order chi connectivity index (χ1) is 16.2. The van der Waals surface area contributed by atoms with Gasteiger partial charge in [-0.1, -0.05) is 6.07 Å². The van der Waals surface area contributed by atoms with Crippen LogP contribution in [0.15, 0.2) is 45.9 Å². The Labute approximate surface area is 193 Å². The Morgan fingerprint density at radius 3 is 2.62 bits per heavy atom. The summed E-state index contributed by atoms with van der Waals surface area (Å²) in [6.45, 7) is 3.56. The molecule has 0 saturated carbocycles. The van der Waals surface area contributed by atoms with Crippen molar-refractivity contribution < 1.29 is 19.1 Å². The summed E-state index contributed by atoms with van der Waals surface area (Å²) in [7, 11) is 0. The molecule has 34 heavy (non-hydrogen) atoms. The zero-order chi connectivity index (χ0) is 24.4. The summed E-state index contributed by atoms with van der Waals surface area (Å²) >= 11 is 0. The van der Waals surface area contributed by atoms with Gasteiger partial charge in [0.2, 0.25) is 0 Å². The molecule has 0 unspecified atom stereocenters. The monoisotopic (exact) mass is 464 g/mol. The number of pyridine rings is 1. The van der Waals surface area contributed by atoms with Crippen molar-refractivity contribution in [3.8, 4) is 0 Å². The number of furan rings is 1. The second kappa shape index (κ2) is 9.10. The molecule has 12 nitrogen and oxygen atoms in total. The van der Waals surface area contributed by atoms with Crippen molar-refractivity contribution in [2.45, 2.75) is 33.1 Å². The largest absolute Gasteiger partial charge is 0.455 e. The number of anilines is 2. The van der Waals surface area contributed by atoms with E-state index in [9.17, 15) is 25.0 Å². The Morgan fingerprint density at radius 1 is 1.12 bits per heavy atom. The van der Waals surface area contributed by atoms with Gasteiger partial charge in [0.1, 0.15) is 17.3 Å². The fourth-order valence-corrected chi connectivity index (χ4v) is 3.79. The highest BCUT2D eigenvalue weighted by Crippen LogP contribution is 2.32. The number of non-ortho nitro benzene ring substituents is 1. The number of amides is 1. The highest BCUT2D eigenvalue weighted by atomic mass is 16.6. The van der Waals surface area contributed by atoms with E-state index in [1.807, 2.05) is 13.0 Å². The zero-order valence-corrected chi connectivity index (χ0v) is 18.3. The molecule has 12 heteroatoms. The predicted octanol–water partition coefficient (Wildman–Crippen LogP) is 4.51. The van der Waals surface area contributed by atoms with Crippen LogP contribution in [0.5, 0.6) is 0 Å². The number of nitro groups is 2. The van der Waals surface area contributed by atoms with Gasteiger partial charge in [0.05, 0.1) is 21.6 Å². The lowest BCUT2D eigenvalue weighted by Gasteiger charge is -2.13. The minimum Gasteiger partial charge on any atom is -0.455 e. The number of hydrogen-bond acceptors (Lipinski definition) is 9. The van der Waals surface area contributed by atoms with Crippen LogP contribution in [0.3, 0.4) is 0 Å². The van der Waals surface area contributed by atoms with Crippen LogP contribution in [0.25, 0.3) is 0 Å². The average Bonchev–Trinajstić information content (AvgIpc) is 3.14. The quantitative estimate of drug-likeness (QED) is 0.397. The van der Waals surface area contributed by atoms with Crippen LogP contribution in [-0.4, -0.2) is 26.4 Å². The van der Waals surface area contributed by atoms with Gasteiger partial charge in [-0.05, 0) is 44.9 Å². The van der Waals surface area contributed by atoms with Gasteiger partial charge in [0.15, 0.2) is 5.76 Å². The van der Waals surface area contributed by atoms with E-state index in [2.05, 4.69) is 20.8 Å². The number of hydrogen-bond donors (Lipinski definition) is 2. The summed E-state index contributed by atoms with van der Waals surface area (Å²) in [6, 6.07) is 8.55. The molecular weight excluding hydrogens is 444 g/mol. The van der Waals surface area contributed by atoms with Crippen LogP contribution in [-0.2, 0) is 6.42 Å². The summed E-state index contributed by atoms with van der Waals surface area (Å²) in [5, 5.41) is 29.4. The molecule has 4 rings (SSSR count). The van der Waals surface area contributed by atoms with Crippen molar-refractivity contribution >= 4 is 34.5 Å². The van der Waals surface area contributed by atoms with Crippen LogP contribution in [0.2, 0.25) is 0 Å². The number of carbonyl (C=O) groups is 1. The molecule has 174 valence electrons. The molecule has 0 spiro atoms. The molecule has 0 bridgehead atoms. The van der Waals surface area contributed by atoms with Crippen LogP contribution >= 0.6 is 0 Å². The minimum atomic E-state index is -0.716. The maximum atomic E-state index is 12.8. The summed E-state index contributed by atoms with van der Waals surface area (Å²) < 4.78 is 5.86. The Bertz CT molecular complexity index is 1350. The summed E-state index contributed by atoms with van der Waals surface area (Å²) in [6.07, 6.45) is 1.88. The van der Waals surface area contributed by atoms with E-state index in [4.69, 9.17) is 4.42 Å². The van der Waals surface area contributed by atoms with Gasteiger partial charge in [0, 0.05) is 29.3 Å². The first-order valence-electron chi connectivity index (χ1n) is 10.4. The van der Waals surface area contributed by atoms with Gasteiger partial charge in [-0.2, -0.15) is 5.10 Å². The molecule has 0 saturated heterocycles. The van der Waals surface area contributed by atoms with Gasteiger partial charge in [-0.15, -0.1) is 0 Å². The molecule has 2 aromatic heterocycles. The second-order valence-corrected chi connectivity index (χ2v) is 7.71. The molecule has 3 aromatic rings. The van der Waals surface area contributed by atoms with E-state index < -0.39 is 27.1 Å². The minimum absolute atomic E-state index is 0.0138. The third-order valence-corrected chi connectivity index (χ3v) is 5.36. The average molecular weight is 464 g/mol. The van der Waals surface area contributed by atoms with Crippen molar-refractivity contribution in [3.05, 3.63) is 85.0 Å². The molecule has 0 aliphatic heterocycles. The summed E-state index contributed by atoms with van der Waals surface area (Å²) in [5.74, 6) is 0.706. The van der Waals surface area contributed by atoms with Gasteiger partial charge < -0.3 is 9.73 Å². The van der Waals surface area contributed by atoms with Gasteiger partial charge in [-0.3, -0.25) is 30.4 Å². The lowest BCUT2D eigenvalue weighted by Crippen LogP contribution is -2.15. The predicted molar refractivity (Wildman–Crippen MR) is 123 cm³/mol. The standard InChI is InChI=1S/C22H20N6O6/c1-12-5-3-8-19(23-12)24-22(29)21-13(2)20-16(6-4-7-18(20)34-21)26-25-15-10-9-14(27(30)31)11-17(15)28(32)33/h3,5,8-11,25H,4,6-7H2,1-2H3,(H,23,24,29)/b26-16+. The van der Waals surface area contributed by atoms with E-state index in [1.165, 1.54) is 6.07 Å². The van der Waals surface area contributed by atoms with Crippen molar-refractivity contribution in [2.24, 2.45) is 5.10 Å². The Kier molecular flexibility index (Phi) is 6.04. The van der Waals surface area contributed by atoms with E-state index in [-0.39, 0.29) is 11.4 Å². The van der Waals surface area contributed by atoms with Crippen LogP contribution in [0.1, 0.15) is 46.0 Å². The first kappa shape index (κ1) is 22.6. The molecule has 1 aromatic carbocycles. The van der Waals surface area contributed by atoms with E-state index in [0.29, 0.717) is 47.7 Å². The lowest BCUT2D eigenvalue weighted by atomic mass is 9.93. The number of carbonyl (C=O) groups excluding carboxylic acids is 1. The molecule has 0 radical (unpaired) electrons. The van der Waals surface area contributed by atoms with Crippen LogP contribution < -0.4 is 10.7 Å². The fraction of sp³-hybridized carbons (Fsp3) is 0.227. The third kappa shape index (κ3) is 4.46.